The zero-order valence-corrected chi connectivity index (χ0v) is 12.4. The molecule has 0 saturated carbocycles. The average molecular weight is 260 g/mol. The third-order valence-electron chi connectivity index (χ3n) is 4.25. The Bertz CT molecular complexity index is 482. The molecule has 1 atom stereocenters. The molecule has 1 aliphatic heterocycles. The minimum Gasteiger partial charge on any atom is -0.311 e. The van der Waals surface area contributed by atoms with E-state index in [0.29, 0.717) is 6.42 Å². The number of benzene rings is 1. The van der Waals surface area contributed by atoms with E-state index < -0.39 is 0 Å². The lowest BCUT2D eigenvalue weighted by Gasteiger charge is -2.30. The molecule has 3 heteroatoms. The van der Waals surface area contributed by atoms with Gasteiger partial charge in [0.2, 0.25) is 0 Å². The molecule has 3 nitrogen and oxygen atoms in total. The highest BCUT2D eigenvalue weighted by molar-refractivity contribution is 5.98. The van der Waals surface area contributed by atoms with Gasteiger partial charge in [0.1, 0.15) is 0 Å². The Morgan fingerprint density at radius 3 is 2.74 bits per heavy atom. The Labute approximate surface area is 116 Å². The summed E-state index contributed by atoms with van der Waals surface area (Å²) in [4.78, 5) is 14.7. The van der Waals surface area contributed by atoms with Gasteiger partial charge in [0.15, 0.2) is 5.78 Å². The van der Waals surface area contributed by atoms with E-state index in [-0.39, 0.29) is 11.8 Å². The van der Waals surface area contributed by atoms with Gasteiger partial charge in [-0.15, -0.1) is 0 Å². The fourth-order valence-electron chi connectivity index (χ4n) is 2.72. The van der Waals surface area contributed by atoms with Crippen molar-refractivity contribution < 1.29 is 4.79 Å². The molecule has 0 aromatic heterocycles. The lowest BCUT2D eigenvalue weighted by molar-refractivity contribution is 0.0951. The maximum Gasteiger partial charge on any atom is 0.164 e. The SMILES string of the molecule is Cc1ccc(C(=O)CC2CN(C)CCN2)c(C)c1C. The number of likely N-dealkylation sites (N-methyl/N-ethyl adjacent to an activating group) is 1. The van der Waals surface area contributed by atoms with Crippen LogP contribution in [-0.4, -0.2) is 43.4 Å². The summed E-state index contributed by atoms with van der Waals surface area (Å²) in [5.41, 5.74) is 4.51. The van der Waals surface area contributed by atoms with Gasteiger partial charge in [-0.2, -0.15) is 0 Å². The van der Waals surface area contributed by atoms with Crippen molar-refractivity contribution in [2.24, 2.45) is 0 Å². The number of aryl methyl sites for hydroxylation is 1. The van der Waals surface area contributed by atoms with E-state index in [2.05, 4.69) is 44.1 Å². The van der Waals surface area contributed by atoms with Crippen molar-refractivity contribution in [1.29, 1.82) is 0 Å². The van der Waals surface area contributed by atoms with Gasteiger partial charge in [0.05, 0.1) is 0 Å². The second kappa shape index (κ2) is 5.85. The molecule has 1 saturated heterocycles. The number of hydrogen-bond donors (Lipinski definition) is 1. The highest BCUT2D eigenvalue weighted by Crippen LogP contribution is 2.19. The number of piperazine rings is 1. The number of carbonyl (C=O) groups excluding carboxylic acids is 1. The van der Waals surface area contributed by atoms with Gasteiger partial charge in [0.25, 0.3) is 0 Å². The van der Waals surface area contributed by atoms with E-state index in [1.807, 2.05) is 6.07 Å². The maximum absolute atomic E-state index is 12.4. The van der Waals surface area contributed by atoms with Crippen molar-refractivity contribution in [1.82, 2.24) is 10.2 Å². The molecule has 1 N–H and O–H groups in total. The van der Waals surface area contributed by atoms with Gasteiger partial charge in [-0.05, 0) is 44.5 Å². The van der Waals surface area contributed by atoms with E-state index in [4.69, 9.17) is 0 Å². The van der Waals surface area contributed by atoms with E-state index in [9.17, 15) is 4.79 Å². The predicted molar refractivity (Wildman–Crippen MR) is 78.9 cm³/mol. The molecular weight excluding hydrogens is 236 g/mol. The third kappa shape index (κ3) is 3.23. The van der Waals surface area contributed by atoms with Crippen LogP contribution in [0.2, 0.25) is 0 Å². The summed E-state index contributed by atoms with van der Waals surface area (Å²) in [5.74, 6) is 0.258. The fourth-order valence-corrected chi connectivity index (χ4v) is 2.72. The van der Waals surface area contributed by atoms with Crippen LogP contribution >= 0.6 is 0 Å². The number of Topliss-reactive ketones (excluding diaryl/α,β-unsaturated/α-hetero) is 1. The number of rotatable bonds is 3. The molecule has 2 rings (SSSR count). The van der Waals surface area contributed by atoms with Crippen LogP contribution in [0.15, 0.2) is 12.1 Å². The fraction of sp³-hybridized carbons (Fsp3) is 0.562. The molecule has 1 unspecified atom stereocenters. The Hall–Kier alpha value is -1.19. The highest BCUT2D eigenvalue weighted by Gasteiger charge is 2.21. The van der Waals surface area contributed by atoms with Crippen molar-refractivity contribution in [2.45, 2.75) is 33.2 Å². The molecule has 1 aliphatic rings. The standard InChI is InChI=1S/C16H24N2O/c1-11-5-6-15(13(3)12(11)2)16(19)9-14-10-18(4)8-7-17-14/h5-6,14,17H,7-10H2,1-4H3. The molecule has 1 heterocycles. The summed E-state index contributed by atoms with van der Waals surface area (Å²) >= 11 is 0. The molecular formula is C16H24N2O. The number of hydrogen-bond acceptors (Lipinski definition) is 3. The van der Waals surface area contributed by atoms with Gasteiger partial charge in [-0.25, -0.2) is 0 Å². The third-order valence-corrected chi connectivity index (χ3v) is 4.25. The summed E-state index contributed by atoms with van der Waals surface area (Å²) in [7, 11) is 2.11. The molecule has 0 aliphatic carbocycles. The Balaban J connectivity index is 2.10. The van der Waals surface area contributed by atoms with E-state index in [1.165, 1.54) is 11.1 Å². The van der Waals surface area contributed by atoms with Crippen LogP contribution in [-0.2, 0) is 0 Å². The molecule has 1 aromatic carbocycles. The van der Waals surface area contributed by atoms with Gasteiger partial charge < -0.3 is 10.2 Å². The van der Waals surface area contributed by atoms with Gasteiger partial charge in [-0.1, -0.05) is 12.1 Å². The van der Waals surface area contributed by atoms with Crippen LogP contribution in [0.25, 0.3) is 0 Å². The van der Waals surface area contributed by atoms with Crippen LogP contribution in [0, 0.1) is 20.8 Å². The van der Waals surface area contributed by atoms with E-state index in [0.717, 1.165) is 30.8 Å². The summed E-state index contributed by atoms with van der Waals surface area (Å²) in [6.07, 6.45) is 0.591. The number of carbonyl (C=O) groups is 1. The Morgan fingerprint density at radius 1 is 1.32 bits per heavy atom. The number of nitrogens with zero attached hydrogens (tertiary/aromatic N) is 1. The molecule has 1 aromatic rings. The van der Waals surface area contributed by atoms with Crippen molar-refractivity contribution in [3.63, 3.8) is 0 Å². The van der Waals surface area contributed by atoms with Crippen molar-refractivity contribution >= 4 is 5.78 Å². The number of ketones is 1. The second-order valence-corrected chi connectivity index (χ2v) is 5.72. The monoisotopic (exact) mass is 260 g/mol. The van der Waals surface area contributed by atoms with Crippen molar-refractivity contribution in [2.75, 3.05) is 26.7 Å². The average Bonchev–Trinajstić information content (AvgIpc) is 2.36. The van der Waals surface area contributed by atoms with Gasteiger partial charge >= 0.3 is 0 Å². The second-order valence-electron chi connectivity index (χ2n) is 5.72. The summed E-state index contributed by atoms with van der Waals surface area (Å²) < 4.78 is 0. The molecule has 19 heavy (non-hydrogen) atoms. The van der Waals surface area contributed by atoms with Gasteiger partial charge in [0, 0.05) is 37.7 Å². The zero-order valence-electron chi connectivity index (χ0n) is 12.4. The first kappa shape index (κ1) is 14.2. The predicted octanol–water partition coefficient (Wildman–Crippen LogP) is 2.09. The minimum absolute atomic E-state index is 0.258. The normalized spacial score (nSPS) is 20.5. The topological polar surface area (TPSA) is 32.3 Å². The highest BCUT2D eigenvalue weighted by atomic mass is 16.1. The molecule has 0 spiro atoms. The van der Waals surface area contributed by atoms with E-state index in [1.54, 1.807) is 0 Å². The van der Waals surface area contributed by atoms with Crippen LogP contribution in [0.3, 0.4) is 0 Å². The maximum atomic E-state index is 12.4. The van der Waals surface area contributed by atoms with E-state index >= 15 is 0 Å². The zero-order chi connectivity index (χ0) is 14.0. The lowest BCUT2D eigenvalue weighted by atomic mass is 9.93. The van der Waals surface area contributed by atoms with Crippen molar-refractivity contribution in [3.05, 3.63) is 34.4 Å². The molecule has 104 valence electrons. The lowest BCUT2D eigenvalue weighted by Crippen LogP contribution is -2.49. The summed E-state index contributed by atoms with van der Waals surface area (Å²) in [5, 5.41) is 3.43. The quantitative estimate of drug-likeness (QED) is 0.845. The smallest absolute Gasteiger partial charge is 0.164 e. The van der Waals surface area contributed by atoms with Crippen LogP contribution < -0.4 is 5.32 Å². The van der Waals surface area contributed by atoms with Crippen LogP contribution in [0.5, 0.6) is 0 Å². The molecule has 0 radical (unpaired) electrons. The minimum atomic E-state index is 0.258. The Kier molecular flexibility index (Phi) is 4.38. The summed E-state index contributed by atoms with van der Waals surface area (Å²) in [6.45, 7) is 9.22. The first-order valence-corrected chi connectivity index (χ1v) is 7.01. The number of nitrogens with one attached hydrogen (secondary N) is 1. The Morgan fingerprint density at radius 2 is 2.05 bits per heavy atom. The van der Waals surface area contributed by atoms with Gasteiger partial charge in [-0.3, -0.25) is 4.79 Å². The van der Waals surface area contributed by atoms with Crippen LogP contribution in [0.1, 0.15) is 33.5 Å². The van der Waals surface area contributed by atoms with Crippen molar-refractivity contribution in [3.8, 4) is 0 Å². The first-order valence-electron chi connectivity index (χ1n) is 7.01. The summed E-state index contributed by atoms with van der Waals surface area (Å²) in [6, 6.07) is 4.31. The molecule has 0 amide bonds. The first-order chi connectivity index (χ1) is 8.99. The molecule has 1 fully saturated rings. The van der Waals surface area contributed by atoms with Crippen LogP contribution in [0.4, 0.5) is 0 Å². The largest absolute Gasteiger partial charge is 0.311 e. The molecule has 0 bridgehead atoms.